The third-order valence-corrected chi connectivity index (χ3v) is 4.79. The predicted octanol–water partition coefficient (Wildman–Crippen LogP) is 3.63. The quantitative estimate of drug-likeness (QED) is 0.190. The summed E-state index contributed by atoms with van der Waals surface area (Å²) in [7, 11) is 0. The lowest BCUT2D eigenvalue weighted by atomic mass is 10.00. The number of carbonyl (C=O) groups excluding carboxylic acids is 4. The fourth-order valence-corrected chi connectivity index (χ4v) is 3.26. The van der Waals surface area contributed by atoms with Gasteiger partial charge in [-0.1, -0.05) is 61.7 Å². The smallest absolute Gasteiger partial charge is 0.412 e. The van der Waals surface area contributed by atoms with Crippen molar-refractivity contribution in [3.63, 3.8) is 0 Å². The number of rotatable bonds is 10. The van der Waals surface area contributed by atoms with Crippen LogP contribution in [-0.4, -0.2) is 50.4 Å². The Labute approximate surface area is 206 Å². The first-order valence-electron chi connectivity index (χ1n) is 10.9. The van der Waals surface area contributed by atoms with Gasteiger partial charge in [0, 0.05) is 22.9 Å². The molecule has 0 atom stereocenters. The number of ether oxygens (including phenoxy) is 4. The molecule has 0 radical (unpaired) electrons. The van der Waals surface area contributed by atoms with E-state index in [1.54, 1.807) is 24.3 Å². The second-order valence-electron chi connectivity index (χ2n) is 7.13. The number of esters is 2. The molecule has 0 bridgehead atoms. The number of fused-ring (bicyclic) bond motifs is 3. The summed E-state index contributed by atoms with van der Waals surface area (Å²) in [6, 6.07) is 14.4. The standard InChI is InChI=1S/C26H24N2O8/c1-3-21(29)33-15-13-27-25(31)35-23-19-11-7-5-9-17(19)18-10-6-8-12-20(18)24(23)36-26(32)28-14-16-34-22(30)4-2/h3-12H,1-2,13-16H2,(H,27,31)(H,28,32). The lowest BCUT2D eigenvalue weighted by Gasteiger charge is -2.17. The summed E-state index contributed by atoms with van der Waals surface area (Å²) in [5.74, 6) is -1.19. The average molecular weight is 492 g/mol. The largest absolute Gasteiger partial charge is 0.461 e. The number of nitrogens with one attached hydrogen (secondary N) is 2. The lowest BCUT2D eigenvalue weighted by Crippen LogP contribution is -2.32. The molecule has 10 heteroatoms. The zero-order valence-electron chi connectivity index (χ0n) is 19.3. The van der Waals surface area contributed by atoms with Gasteiger partial charge in [0.25, 0.3) is 0 Å². The van der Waals surface area contributed by atoms with Crippen molar-refractivity contribution in [1.82, 2.24) is 10.6 Å². The molecule has 0 heterocycles. The molecule has 2 N–H and O–H groups in total. The fourth-order valence-electron chi connectivity index (χ4n) is 3.26. The molecule has 0 aliphatic carbocycles. The van der Waals surface area contributed by atoms with Crippen LogP contribution >= 0.6 is 0 Å². The molecular weight excluding hydrogens is 468 g/mol. The van der Waals surface area contributed by atoms with Gasteiger partial charge in [-0.3, -0.25) is 0 Å². The average Bonchev–Trinajstić information content (AvgIpc) is 2.90. The fraction of sp³-hybridized carbons (Fsp3) is 0.154. The molecule has 0 aliphatic heterocycles. The van der Waals surface area contributed by atoms with Gasteiger partial charge in [-0.05, 0) is 10.8 Å². The third-order valence-electron chi connectivity index (χ3n) is 4.79. The summed E-state index contributed by atoms with van der Waals surface area (Å²) in [6.45, 7) is 6.40. The Morgan fingerprint density at radius 3 is 1.36 bits per heavy atom. The van der Waals surface area contributed by atoms with Gasteiger partial charge in [0.2, 0.25) is 0 Å². The highest BCUT2D eigenvalue weighted by atomic mass is 16.6. The van der Waals surface area contributed by atoms with E-state index >= 15 is 0 Å². The van der Waals surface area contributed by atoms with E-state index in [2.05, 4.69) is 23.8 Å². The van der Waals surface area contributed by atoms with Crippen LogP contribution in [0.25, 0.3) is 21.5 Å². The van der Waals surface area contributed by atoms with Gasteiger partial charge in [0.05, 0.1) is 13.1 Å². The van der Waals surface area contributed by atoms with Gasteiger partial charge in [0.1, 0.15) is 13.2 Å². The van der Waals surface area contributed by atoms with Crippen molar-refractivity contribution in [2.24, 2.45) is 0 Å². The molecule has 3 aromatic rings. The van der Waals surface area contributed by atoms with E-state index in [4.69, 9.17) is 18.9 Å². The van der Waals surface area contributed by atoms with Crippen LogP contribution in [-0.2, 0) is 19.1 Å². The Morgan fingerprint density at radius 1 is 0.639 bits per heavy atom. The molecule has 0 aliphatic rings. The van der Waals surface area contributed by atoms with Crippen LogP contribution in [0.2, 0.25) is 0 Å². The van der Waals surface area contributed by atoms with Crippen molar-refractivity contribution >= 4 is 45.7 Å². The van der Waals surface area contributed by atoms with Crippen molar-refractivity contribution in [1.29, 1.82) is 0 Å². The maximum absolute atomic E-state index is 12.5. The number of hydrogen-bond acceptors (Lipinski definition) is 8. The van der Waals surface area contributed by atoms with Crippen molar-refractivity contribution < 1.29 is 38.1 Å². The first-order chi connectivity index (χ1) is 17.4. The van der Waals surface area contributed by atoms with Crippen molar-refractivity contribution in [3.05, 3.63) is 73.8 Å². The second-order valence-corrected chi connectivity index (χ2v) is 7.13. The first-order valence-corrected chi connectivity index (χ1v) is 10.9. The first kappa shape index (κ1) is 25.8. The Morgan fingerprint density at radius 2 is 1.00 bits per heavy atom. The van der Waals surface area contributed by atoms with Crippen LogP contribution in [0.1, 0.15) is 0 Å². The summed E-state index contributed by atoms with van der Waals surface area (Å²) in [5, 5.41) is 7.58. The maximum atomic E-state index is 12.5. The van der Waals surface area contributed by atoms with Crippen LogP contribution in [0.15, 0.2) is 73.8 Å². The van der Waals surface area contributed by atoms with Gasteiger partial charge in [-0.25, -0.2) is 19.2 Å². The SMILES string of the molecule is C=CC(=O)OCCNC(=O)Oc1c(OC(=O)NCCOC(=O)C=C)c2ccccc2c2ccccc12. The van der Waals surface area contributed by atoms with E-state index in [1.807, 2.05) is 24.3 Å². The highest BCUT2D eigenvalue weighted by Crippen LogP contribution is 2.43. The molecule has 186 valence electrons. The number of hydrogen-bond donors (Lipinski definition) is 2. The summed E-state index contributed by atoms with van der Waals surface area (Å²) >= 11 is 0. The van der Waals surface area contributed by atoms with Gasteiger partial charge >= 0.3 is 24.1 Å². The Kier molecular flexibility index (Phi) is 8.99. The Balaban J connectivity index is 1.86. The molecule has 0 spiro atoms. The van der Waals surface area contributed by atoms with Crippen LogP contribution in [0.3, 0.4) is 0 Å². The third kappa shape index (κ3) is 6.60. The Hall–Kier alpha value is -4.86. The van der Waals surface area contributed by atoms with E-state index in [9.17, 15) is 19.2 Å². The van der Waals surface area contributed by atoms with Crippen molar-refractivity contribution in [2.45, 2.75) is 0 Å². The van der Waals surface area contributed by atoms with Gasteiger partial charge < -0.3 is 29.6 Å². The lowest BCUT2D eigenvalue weighted by molar-refractivity contribution is -0.138. The van der Waals surface area contributed by atoms with Gasteiger partial charge in [-0.2, -0.15) is 0 Å². The maximum Gasteiger partial charge on any atom is 0.412 e. The zero-order valence-corrected chi connectivity index (χ0v) is 19.3. The molecule has 10 nitrogen and oxygen atoms in total. The van der Waals surface area contributed by atoms with Gasteiger partial charge in [-0.15, -0.1) is 0 Å². The number of carbonyl (C=O) groups is 4. The molecule has 2 amide bonds. The van der Waals surface area contributed by atoms with E-state index in [1.165, 1.54) is 0 Å². The molecule has 0 aromatic heterocycles. The summed E-state index contributed by atoms with van der Waals surface area (Å²) in [6.07, 6.45) is 0.341. The van der Waals surface area contributed by atoms with E-state index in [0.717, 1.165) is 22.9 Å². The Bertz CT molecular complexity index is 1220. The van der Waals surface area contributed by atoms with Crippen molar-refractivity contribution in [3.8, 4) is 11.5 Å². The topological polar surface area (TPSA) is 129 Å². The van der Waals surface area contributed by atoms with Crippen LogP contribution < -0.4 is 20.1 Å². The minimum atomic E-state index is -0.841. The molecule has 0 saturated heterocycles. The summed E-state index contributed by atoms with van der Waals surface area (Å²) in [4.78, 5) is 47.4. The zero-order chi connectivity index (χ0) is 25.9. The van der Waals surface area contributed by atoms with Crippen molar-refractivity contribution in [2.75, 3.05) is 26.3 Å². The van der Waals surface area contributed by atoms with E-state index in [-0.39, 0.29) is 37.8 Å². The minimum Gasteiger partial charge on any atom is -0.461 e. The normalized spacial score (nSPS) is 10.2. The minimum absolute atomic E-state index is 0.00989. The number of amides is 2. The second kappa shape index (κ2) is 12.6. The van der Waals surface area contributed by atoms with E-state index < -0.39 is 24.1 Å². The molecule has 36 heavy (non-hydrogen) atoms. The molecular formula is C26H24N2O8. The molecule has 0 unspecified atom stereocenters. The van der Waals surface area contributed by atoms with Crippen LogP contribution in [0, 0.1) is 0 Å². The number of benzene rings is 3. The highest BCUT2D eigenvalue weighted by Gasteiger charge is 2.21. The molecule has 3 aromatic carbocycles. The van der Waals surface area contributed by atoms with Crippen LogP contribution in [0.4, 0.5) is 9.59 Å². The highest BCUT2D eigenvalue weighted by molar-refractivity contribution is 6.14. The monoisotopic (exact) mass is 492 g/mol. The molecule has 0 saturated carbocycles. The van der Waals surface area contributed by atoms with E-state index in [0.29, 0.717) is 10.8 Å². The predicted molar refractivity (Wildman–Crippen MR) is 132 cm³/mol. The van der Waals surface area contributed by atoms with Gasteiger partial charge in [0.15, 0.2) is 11.5 Å². The summed E-state index contributed by atoms with van der Waals surface area (Å²) < 4.78 is 20.8. The molecule has 3 rings (SSSR count). The molecule has 0 fully saturated rings. The van der Waals surface area contributed by atoms with Crippen LogP contribution in [0.5, 0.6) is 11.5 Å². The summed E-state index contributed by atoms with van der Waals surface area (Å²) in [5.41, 5.74) is 0.